The number of nitrogens with one attached hydrogen (secondary N) is 1. The van der Waals surface area contributed by atoms with Crippen molar-refractivity contribution in [3.05, 3.63) is 29.8 Å². The molecule has 27 heavy (non-hydrogen) atoms. The highest BCUT2D eigenvalue weighted by molar-refractivity contribution is 7.85. The van der Waals surface area contributed by atoms with Crippen molar-refractivity contribution in [2.45, 2.75) is 69.8 Å². The van der Waals surface area contributed by atoms with Gasteiger partial charge in [-0.2, -0.15) is 0 Å². The third-order valence-electron chi connectivity index (χ3n) is 4.55. The SMILES string of the molecule is CC(C)(C)OC(=O)NCCC(=O)c1cccc(S(=O)CC2CCCCC2)c1. The van der Waals surface area contributed by atoms with Crippen molar-refractivity contribution < 1.29 is 18.5 Å². The van der Waals surface area contributed by atoms with Gasteiger partial charge in [0.2, 0.25) is 0 Å². The molecule has 5 nitrogen and oxygen atoms in total. The van der Waals surface area contributed by atoms with Crippen molar-refractivity contribution in [1.29, 1.82) is 0 Å². The van der Waals surface area contributed by atoms with E-state index in [1.807, 2.05) is 6.07 Å². The highest BCUT2D eigenvalue weighted by atomic mass is 32.2. The van der Waals surface area contributed by atoms with Gasteiger partial charge in [-0.1, -0.05) is 31.4 Å². The van der Waals surface area contributed by atoms with Gasteiger partial charge in [0.1, 0.15) is 5.60 Å². The quantitative estimate of drug-likeness (QED) is 0.694. The number of benzene rings is 1. The fourth-order valence-electron chi connectivity index (χ4n) is 3.21. The van der Waals surface area contributed by atoms with Crippen LogP contribution < -0.4 is 5.32 Å². The fraction of sp³-hybridized carbons (Fsp3) is 0.619. The third-order valence-corrected chi connectivity index (χ3v) is 6.10. The number of carbonyl (C=O) groups excluding carboxylic acids is 2. The Morgan fingerprint density at radius 2 is 1.89 bits per heavy atom. The second-order valence-corrected chi connectivity index (χ2v) is 9.64. The van der Waals surface area contributed by atoms with E-state index in [1.54, 1.807) is 39.0 Å². The monoisotopic (exact) mass is 393 g/mol. The van der Waals surface area contributed by atoms with E-state index in [4.69, 9.17) is 4.74 Å². The molecule has 0 spiro atoms. The molecule has 1 unspecified atom stereocenters. The highest BCUT2D eigenvalue weighted by Gasteiger charge is 2.19. The Labute approximate surface area is 164 Å². The van der Waals surface area contributed by atoms with Gasteiger partial charge < -0.3 is 10.1 Å². The van der Waals surface area contributed by atoms with Crippen molar-refractivity contribution >= 4 is 22.7 Å². The maximum Gasteiger partial charge on any atom is 0.407 e. The molecule has 1 fully saturated rings. The van der Waals surface area contributed by atoms with E-state index in [1.165, 1.54) is 19.3 Å². The summed E-state index contributed by atoms with van der Waals surface area (Å²) in [7, 11) is -1.07. The zero-order valence-corrected chi connectivity index (χ0v) is 17.4. The van der Waals surface area contributed by atoms with E-state index in [9.17, 15) is 13.8 Å². The molecule has 1 amide bonds. The van der Waals surface area contributed by atoms with Crippen LogP contribution in [-0.4, -0.2) is 34.0 Å². The van der Waals surface area contributed by atoms with Crippen LogP contribution in [0.4, 0.5) is 4.79 Å². The normalized spacial score (nSPS) is 16.6. The van der Waals surface area contributed by atoms with Crippen molar-refractivity contribution in [3.63, 3.8) is 0 Å². The smallest absolute Gasteiger partial charge is 0.407 e. The number of Topliss-reactive ketones (excluding diaryl/α,β-unsaturated/α-hetero) is 1. The van der Waals surface area contributed by atoms with Gasteiger partial charge in [-0.15, -0.1) is 0 Å². The van der Waals surface area contributed by atoms with Gasteiger partial charge in [0, 0.05) is 29.2 Å². The second kappa shape index (κ2) is 10.0. The first-order valence-electron chi connectivity index (χ1n) is 9.73. The Morgan fingerprint density at radius 3 is 2.56 bits per heavy atom. The lowest BCUT2D eigenvalue weighted by molar-refractivity contribution is 0.0527. The number of carbonyl (C=O) groups is 2. The molecule has 0 aromatic heterocycles. The van der Waals surface area contributed by atoms with E-state index in [-0.39, 0.29) is 18.7 Å². The van der Waals surface area contributed by atoms with Crippen LogP contribution in [-0.2, 0) is 15.5 Å². The van der Waals surface area contributed by atoms with Crippen LogP contribution in [0.3, 0.4) is 0 Å². The van der Waals surface area contributed by atoms with Crippen LogP contribution in [0.25, 0.3) is 0 Å². The minimum Gasteiger partial charge on any atom is -0.444 e. The maximum absolute atomic E-state index is 12.7. The molecule has 1 aliphatic rings. The molecule has 0 heterocycles. The fourth-order valence-corrected chi connectivity index (χ4v) is 4.65. The molecular formula is C21H31NO4S. The van der Waals surface area contributed by atoms with Gasteiger partial charge in [-0.25, -0.2) is 4.79 Å². The molecule has 1 aromatic rings. The number of hydrogen-bond donors (Lipinski definition) is 1. The summed E-state index contributed by atoms with van der Waals surface area (Å²) in [4.78, 5) is 24.7. The van der Waals surface area contributed by atoms with E-state index in [0.29, 0.717) is 22.1 Å². The Kier molecular flexibility index (Phi) is 8.02. The molecule has 0 aliphatic heterocycles. The van der Waals surface area contributed by atoms with Gasteiger partial charge in [0.05, 0.1) is 10.8 Å². The number of amides is 1. The molecule has 1 atom stereocenters. The zero-order chi connectivity index (χ0) is 19.9. The van der Waals surface area contributed by atoms with Crippen molar-refractivity contribution in [2.75, 3.05) is 12.3 Å². The molecule has 1 N–H and O–H groups in total. The molecule has 150 valence electrons. The lowest BCUT2D eigenvalue weighted by atomic mass is 9.91. The molecule has 6 heteroatoms. The first kappa shape index (κ1) is 21.6. The second-order valence-electron chi connectivity index (χ2n) is 8.15. The summed E-state index contributed by atoms with van der Waals surface area (Å²) in [6.45, 7) is 5.58. The minimum atomic E-state index is -1.07. The number of ether oxygens (including phenoxy) is 1. The zero-order valence-electron chi connectivity index (χ0n) is 16.6. The molecular weight excluding hydrogens is 362 g/mol. The molecule has 2 rings (SSSR count). The lowest BCUT2D eigenvalue weighted by Crippen LogP contribution is -2.33. The summed E-state index contributed by atoms with van der Waals surface area (Å²) in [5.41, 5.74) is -0.0272. The van der Waals surface area contributed by atoms with Gasteiger partial charge in [0.25, 0.3) is 0 Å². The van der Waals surface area contributed by atoms with E-state index < -0.39 is 22.5 Å². The summed E-state index contributed by atoms with van der Waals surface area (Å²) in [5.74, 6) is 1.12. The summed E-state index contributed by atoms with van der Waals surface area (Å²) >= 11 is 0. The lowest BCUT2D eigenvalue weighted by Gasteiger charge is -2.21. The predicted molar refractivity (Wildman–Crippen MR) is 107 cm³/mol. The first-order valence-corrected chi connectivity index (χ1v) is 11.0. The van der Waals surface area contributed by atoms with Crippen molar-refractivity contribution in [2.24, 2.45) is 5.92 Å². The van der Waals surface area contributed by atoms with E-state index in [2.05, 4.69) is 5.32 Å². The Hall–Kier alpha value is -1.69. The highest BCUT2D eigenvalue weighted by Crippen LogP contribution is 2.26. The van der Waals surface area contributed by atoms with Crippen LogP contribution in [0, 0.1) is 5.92 Å². The molecule has 1 saturated carbocycles. The van der Waals surface area contributed by atoms with Crippen LogP contribution in [0.2, 0.25) is 0 Å². The third kappa shape index (κ3) is 7.83. The van der Waals surface area contributed by atoms with Crippen LogP contribution in [0.5, 0.6) is 0 Å². The Morgan fingerprint density at radius 1 is 1.19 bits per heavy atom. The Bertz CT molecular complexity index is 675. The summed E-state index contributed by atoms with van der Waals surface area (Å²) in [6, 6.07) is 7.07. The van der Waals surface area contributed by atoms with E-state index >= 15 is 0 Å². The maximum atomic E-state index is 12.7. The van der Waals surface area contributed by atoms with Crippen LogP contribution in [0.1, 0.15) is 69.7 Å². The van der Waals surface area contributed by atoms with E-state index in [0.717, 1.165) is 12.8 Å². The first-order chi connectivity index (χ1) is 12.7. The largest absolute Gasteiger partial charge is 0.444 e. The molecule has 0 saturated heterocycles. The van der Waals surface area contributed by atoms with Gasteiger partial charge in [-0.05, 0) is 51.7 Å². The summed E-state index contributed by atoms with van der Waals surface area (Å²) < 4.78 is 17.8. The number of rotatable bonds is 7. The predicted octanol–water partition coefficient (Wildman–Crippen LogP) is 4.47. The minimum absolute atomic E-state index is 0.0809. The number of alkyl carbamates (subject to hydrolysis) is 1. The van der Waals surface area contributed by atoms with Gasteiger partial charge >= 0.3 is 6.09 Å². The average molecular weight is 394 g/mol. The van der Waals surface area contributed by atoms with Gasteiger partial charge in [0.15, 0.2) is 5.78 Å². The molecule has 0 radical (unpaired) electrons. The Balaban J connectivity index is 1.85. The topological polar surface area (TPSA) is 72.5 Å². The standard InChI is InChI=1S/C21H31NO4S/c1-21(2,3)26-20(24)22-13-12-19(23)17-10-7-11-18(14-17)27(25)15-16-8-5-4-6-9-16/h7,10-11,14,16H,4-6,8-9,12-13,15H2,1-3H3,(H,22,24). The number of hydrogen-bond acceptors (Lipinski definition) is 4. The summed E-state index contributed by atoms with van der Waals surface area (Å²) in [5, 5.41) is 2.59. The van der Waals surface area contributed by atoms with Crippen LogP contribution >= 0.6 is 0 Å². The van der Waals surface area contributed by atoms with Crippen molar-refractivity contribution in [3.8, 4) is 0 Å². The van der Waals surface area contributed by atoms with Crippen LogP contribution in [0.15, 0.2) is 29.2 Å². The van der Waals surface area contributed by atoms with Crippen molar-refractivity contribution in [1.82, 2.24) is 5.32 Å². The number of ketones is 1. The molecule has 0 bridgehead atoms. The average Bonchev–Trinajstić information content (AvgIpc) is 2.61. The molecule has 1 aromatic carbocycles. The van der Waals surface area contributed by atoms with Gasteiger partial charge in [-0.3, -0.25) is 9.00 Å². The molecule has 1 aliphatic carbocycles. The summed E-state index contributed by atoms with van der Waals surface area (Å²) in [6.07, 6.45) is 5.69.